The smallest absolute Gasteiger partial charge is 0.267 e. The van der Waals surface area contributed by atoms with Crippen molar-refractivity contribution in [2.45, 2.75) is 4.90 Å². The minimum atomic E-state index is -4.32. The lowest BCUT2D eigenvalue weighted by Crippen LogP contribution is -2.32. The van der Waals surface area contributed by atoms with Crippen LogP contribution in [-0.4, -0.2) is 20.9 Å². The molecule has 0 saturated heterocycles. The molecule has 3 aromatic carbocycles. The topological polar surface area (TPSA) is 66.5 Å². The average molecular weight is 479 g/mol. The molecule has 160 valence electrons. The highest BCUT2D eigenvalue weighted by Crippen LogP contribution is 2.27. The Hall–Kier alpha value is -2.87. The van der Waals surface area contributed by atoms with E-state index in [1.54, 1.807) is 30.3 Å². The lowest BCUT2D eigenvalue weighted by Gasteiger charge is -2.23. The molecule has 0 aliphatic rings. The molecule has 0 aliphatic heterocycles. The minimum Gasteiger partial charge on any atom is -0.322 e. The number of carbonyl (C=O) groups excluding carboxylic acids is 1. The van der Waals surface area contributed by atoms with Crippen LogP contribution in [0.4, 0.5) is 15.8 Å². The number of para-hydroxylation sites is 1. The molecule has 0 atom stereocenters. The van der Waals surface area contributed by atoms with Gasteiger partial charge in [-0.05, 0) is 48.5 Å². The van der Waals surface area contributed by atoms with Crippen molar-refractivity contribution in [3.8, 4) is 0 Å². The number of amides is 1. The van der Waals surface area contributed by atoms with E-state index in [4.69, 9.17) is 23.2 Å². The monoisotopic (exact) mass is 478 g/mol. The molecule has 31 heavy (non-hydrogen) atoms. The van der Waals surface area contributed by atoms with Gasteiger partial charge in [-0.2, -0.15) is 0 Å². The first-order valence-corrected chi connectivity index (χ1v) is 11.2. The van der Waals surface area contributed by atoms with Gasteiger partial charge in [0.1, 0.15) is 10.7 Å². The van der Waals surface area contributed by atoms with Gasteiger partial charge >= 0.3 is 0 Å². The second-order valence-electron chi connectivity index (χ2n) is 6.42. The van der Waals surface area contributed by atoms with E-state index in [9.17, 15) is 17.6 Å². The number of hydrogen-bond donors (Lipinski definition) is 1. The number of anilines is 2. The Labute approximate surface area is 189 Å². The second-order valence-corrected chi connectivity index (χ2v) is 9.12. The van der Waals surface area contributed by atoms with Crippen molar-refractivity contribution >= 4 is 50.5 Å². The van der Waals surface area contributed by atoms with Crippen molar-refractivity contribution < 1.29 is 17.6 Å². The van der Waals surface area contributed by atoms with Crippen molar-refractivity contribution in [1.29, 1.82) is 0 Å². The summed E-state index contributed by atoms with van der Waals surface area (Å²) in [4.78, 5) is 12.0. The number of halogens is 3. The predicted octanol–water partition coefficient (Wildman–Crippen LogP) is 5.77. The van der Waals surface area contributed by atoms with Crippen molar-refractivity contribution in [2.24, 2.45) is 0 Å². The van der Waals surface area contributed by atoms with Crippen molar-refractivity contribution in [3.05, 3.63) is 101 Å². The summed E-state index contributed by atoms with van der Waals surface area (Å²) < 4.78 is 42.1. The van der Waals surface area contributed by atoms with Gasteiger partial charge in [-0.15, -0.1) is 6.58 Å². The summed E-state index contributed by atoms with van der Waals surface area (Å²) in [5.41, 5.74) is 0.599. The van der Waals surface area contributed by atoms with Gasteiger partial charge in [0.25, 0.3) is 15.9 Å². The molecular formula is C22H17Cl2FN2O3S. The number of carbonyl (C=O) groups is 1. The molecule has 0 heterocycles. The standard InChI is InChI=1S/C22H17Cl2FN2O3S/c1-2-10-27(19-6-4-3-5-7-19)31(29,30)21-11-15(8-9-20(21)25)22(28)26-18-13-16(23)12-17(24)14-18/h2-9,11-14H,1,10H2,(H,26,28). The highest BCUT2D eigenvalue weighted by Gasteiger charge is 2.28. The normalized spacial score (nSPS) is 11.1. The summed E-state index contributed by atoms with van der Waals surface area (Å²) in [6.45, 7) is 3.50. The Kier molecular flexibility index (Phi) is 7.00. The molecule has 0 radical (unpaired) electrons. The van der Waals surface area contributed by atoms with E-state index >= 15 is 0 Å². The fourth-order valence-corrected chi connectivity index (χ4v) is 4.90. The molecule has 5 nitrogen and oxygen atoms in total. The summed E-state index contributed by atoms with van der Waals surface area (Å²) in [5.74, 6) is -1.63. The maximum Gasteiger partial charge on any atom is 0.267 e. The SMILES string of the molecule is C=CCN(c1ccccc1)S(=O)(=O)c1cc(C(=O)Nc2cc(Cl)cc(Cl)c2)ccc1F. The van der Waals surface area contributed by atoms with Gasteiger partial charge in [0, 0.05) is 21.3 Å². The summed E-state index contributed by atoms with van der Waals surface area (Å²) in [5, 5.41) is 3.20. The van der Waals surface area contributed by atoms with E-state index in [1.165, 1.54) is 30.3 Å². The molecule has 0 aliphatic carbocycles. The van der Waals surface area contributed by atoms with Gasteiger partial charge in [0.2, 0.25) is 0 Å². The first-order valence-electron chi connectivity index (χ1n) is 8.98. The second kappa shape index (κ2) is 9.51. The molecule has 0 fully saturated rings. The van der Waals surface area contributed by atoms with Crippen LogP contribution in [-0.2, 0) is 10.0 Å². The first-order chi connectivity index (χ1) is 14.7. The summed E-state index contributed by atoms with van der Waals surface area (Å²) in [7, 11) is -4.32. The van der Waals surface area contributed by atoms with E-state index in [0.29, 0.717) is 21.4 Å². The highest BCUT2D eigenvalue weighted by atomic mass is 35.5. The van der Waals surface area contributed by atoms with E-state index in [1.807, 2.05) is 0 Å². The molecule has 0 saturated carbocycles. The lowest BCUT2D eigenvalue weighted by molar-refractivity contribution is 0.102. The molecule has 1 amide bonds. The molecule has 1 N–H and O–H groups in total. The molecule has 3 rings (SSSR count). The molecule has 0 unspecified atom stereocenters. The predicted molar refractivity (Wildman–Crippen MR) is 122 cm³/mol. The average Bonchev–Trinajstić information content (AvgIpc) is 2.71. The third kappa shape index (κ3) is 5.25. The summed E-state index contributed by atoms with van der Waals surface area (Å²) >= 11 is 11.9. The quantitative estimate of drug-likeness (QED) is 0.438. The Morgan fingerprint density at radius 1 is 1.03 bits per heavy atom. The highest BCUT2D eigenvalue weighted by molar-refractivity contribution is 7.92. The van der Waals surface area contributed by atoms with Crippen LogP contribution >= 0.6 is 23.2 Å². The number of sulfonamides is 1. The van der Waals surface area contributed by atoms with E-state index in [0.717, 1.165) is 16.4 Å². The van der Waals surface area contributed by atoms with Crippen LogP contribution in [0.2, 0.25) is 10.0 Å². The van der Waals surface area contributed by atoms with Crippen LogP contribution in [0, 0.1) is 5.82 Å². The van der Waals surface area contributed by atoms with Crippen LogP contribution < -0.4 is 9.62 Å². The number of benzene rings is 3. The molecule has 0 spiro atoms. The molecule has 0 aromatic heterocycles. The van der Waals surface area contributed by atoms with Crippen LogP contribution in [0.1, 0.15) is 10.4 Å². The zero-order valence-electron chi connectivity index (χ0n) is 16.1. The molecule has 0 bridgehead atoms. The molecule has 3 aromatic rings. The van der Waals surface area contributed by atoms with Crippen molar-refractivity contribution in [1.82, 2.24) is 0 Å². The van der Waals surface area contributed by atoms with Crippen LogP contribution in [0.5, 0.6) is 0 Å². The Morgan fingerprint density at radius 2 is 1.68 bits per heavy atom. The third-order valence-electron chi connectivity index (χ3n) is 4.22. The van der Waals surface area contributed by atoms with E-state index in [-0.39, 0.29) is 12.1 Å². The summed E-state index contributed by atoms with van der Waals surface area (Å²) in [6.07, 6.45) is 1.39. The Balaban J connectivity index is 1.99. The maximum atomic E-state index is 14.6. The molecule has 9 heteroatoms. The maximum absolute atomic E-state index is 14.6. The van der Waals surface area contributed by atoms with Crippen LogP contribution in [0.15, 0.2) is 84.3 Å². The van der Waals surface area contributed by atoms with Gasteiger partial charge < -0.3 is 5.32 Å². The van der Waals surface area contributed by atoms with Gasteiger partial charge in [-0.3, -0.25) is 9.10 Å². The van der Waals surface area contributed by atoms with Gasteiger partial charge in [0.15, 0.2) is 0 Å². The van der Waals surface area contributed by atoms with E-state index < -0.39 is 26.6 Å². The van der Waals surface area contributed by atoms with Gasteiger partial charge in [-0.1, -0.05) is 47.5 Å². The fraction of sp³-hybridized carbons (Fsp3) is 0.0455. The van der Waals surface area contributed by atoms with Crippen LogP contribution in [0.3, 0.4) is 0 Å². The number of rotatable bonds is 7. The number of nitrogens with one attached hydrogen (secondary N) is 1. The minimum absolute atomic E-state index is 0.0531. The summed E-state index contributed by atoms with van der Waals surface area (Å²) in [6, 6.07) is 15.8. The van der Waals surface area contributed by atoms with Crippen molar-refractivity contribution in [2.75, 3.05) is 16.2 Å². The Bertz CT molecular complexity index is 1210. The first kappa shape index (κ1) is 22.8. The molecular weight excluding hydrogens is 462 g/mol. The van der Waals surface area contributed by atoms with Crippen molar-refractivity contribution in [3.63, 3.8) is 0 Å². The van der Waals surface area contributed by atoms with Crippen LogP contribution in [0.25, 0.3) is 0 Å². The largest absolute Gasteiger partial charge is 0.322 e. The third-order valence-corrected chi connectivity index (χ3v) is 6.47. The number of nitrogens with zero attached hydrogens (tertiary/aromatic N) is 1. The number of hydrogen-bond acceptors (Lipinski definition) is 3. The fourth-order valence-electron chi connectivity index (χ4n) is 2.84. The zero-order valence-corrected chi connectivity index (χ0v) is 18.4. The van der Waals surface area contributed by atoms with Gasteiger partial charge in [-0.25, -0.2) is 12.8 Å². The lowest BCUT2D eigenvalue weighted by atomic mass is 10.2. The van der Waals surface area contributed by atoms with E-state index in [2.05, 4.69) is 11.9 Å². The van der Waals surface area contributed by atoms with Gasteiger partial charge in [0.05, 0.1) is 12.2 Å². The Morgan fingerprint density at radius 3 is 2.29 bits per heavy atom. The zero-order chi connectivity index (χ0) is 22.6.